The molecule has 0 saturated carbocycles. The lowest BCUT2D eigenvalue weighted by atomic mass is 10.1. The van der Waals surface area contributed by atoms with Crippen molar-refractivity contribution in [2.24, 2.45) is 11.8 Å². The molecule has 5 heteroatoms. The zero-order valence-electron chi connectivity index (χ0n) is 15.8. The van der Waals surface area contributed by atoms with Gasteiger partial charge in [-0.3, -0.25) is 0 Å². The number of benzene rings is 1. The maximum atomic E-state index is 12.8. The topological polar surface area (TPSA) is 58.3 Å². The summed E-state index contributed by atoms with van der Waals surface area (Å²) in [7, 11) is 1.51. The summed E-state index contributed by atoms with van der Waals surface area (Å²) in [6.07, 6.45) is 1.24. The van der Waals surface area contributed by atoms with Crippen molar-refractivity contribution in [2.45, 2.75) is 47.1 Å². The lowest BCUT2D eigenvalue weighted by Gasteiger charge is -2.17. The first-order chi connectivity index (χ1) is 11.9. The van der Waals surface area contributed by atoms with Crippen LogP contribution in [0.25, 0.3) is 0 Å². The highest BCUT2D eigenvalue weighted by atomic mass is 16.5. The number of hydrogen-bond acceptors (Lipinski definition) is 4. The Hall–Kier alpha value is -2.30. The lowest BCUT2D eigenvalue weighted by molar-refractivity contribution is -0.622. The molecule has 0 N–H and O–H groups in total. The monoisotopic (exact) mass is 344 g/mol. The van der Waals surface area contributed by atoms with Gasteiger partial charge in [0.05, 0.1) is 7.11 Å². The zero-order chi connectivity index (χ0) is 18.4. The SMILES string of the molecule is COc1c(CC(C)C)nc(OCc2ccccc2)c(CC(C)C)[n+]1[O-]. The van der Waals surface area contributed by atoms with Gasteiger partial charge in [-0.25, -0.2) is 4.98 Å². The minimum atomic E-state index is 0.274. The molecular formula is C20H28N2O3. The molecule has 1 heterocycles. The van der Waals surface area contributed by atoms with Gasteiger partial charge in [-0.15, -0.1) is 4.73 Å². The fraction of sp³-hybridized carbons (Fsp3) is 0.500. The molecule has 0 fully saturated rings. The van der Waals surface area contributed by atoms with E-state index in [4.69, 9.17) is 9.47 Å². The Kier molecular flexibility index (Phi) is 6.62. The van der Waals surface area contributed by atoms with Crippen molar-refractivity contribution < 1.29 is 14.2 Å². The van der Waals surface area contributed by atoms with Crippen molar-refractivity contribution >= 4 is 0 Å². The van der Waals surface area contributed by atoms with E-state index in [2.05, 4.69) is 32.7 Å². The van der Waals surface area contributed by atoms with Crippen molar-refractivity contribution in [1.82, 2.24) is 4.98 Å². The van der Waals surface area contributed by atoms with Crippen LogP contribution in [-0.2, 0) is 19.4 Å². The minimum Gasteiger partial charge on any atom is -0.616 e. The summed E-state index contributed by atoms with van der Waals surface area (Å²) >= 11 is 0. The van der Waals surface area contributed by atoms with Gasteiger partial charge in [-0.2, -0.15) is 0 Å². The second kappa shape index (κ2) is 8.70. The molecule has 0 aliphatic carbocycles. The fourth-order valence-electron chi connectivity index (χ4n) is 2.68. The van der Waals surface area contributed by atoms with Gasteiger partial charge < -0.3 is 14.7 Å². The zero-order valence-corrected chi connectivity index (χ0v) is 15.8. The molecule has 0 radical (unpaired) electrons. The van der Waals surface area contributed by atoms with E-state index in [9.17, 15) is 5.21 Å². The lowest BCUT2D eigenvalue weighted by Crippen LogP contribution is -2.37. The third-order valence-electron chi connectivity index (χ3n) is 3.77. The number of nitrogens with zero attached hydrogens (tertiary/aromatic N) is 2. The second-order valence-electron chi connectivity index (χ2n) is 7.08. The fourth-order valence-corrected chi connectivity index (χ4v) is 2.68. The van der Waals surface area contributed by atoms with Crippen LogP contribution in [0, 0.1) is 17.0 Å². The van der Waals surface area contributed by atoms with Crippen LogP contribution in [0.1, 0.15) is 44.6 Å². The van der Waals surface area contributed by atoms with Crippen LogP contribution in [0.3, 0.4) is 0 Å². The molecule has 25 heavy (non-hydrogen) atoms. The third kappa shape index (κ3) is 5.08. The summed E-state index contributed by atoms with van der Waals surface area (Å²) in [5.41, 5.74) is 2.21. The predicted octanol–water partition coefficient (Wildman–Crippen LogP) is 3.70. The van der Waals surface area contributed by atoms with Crippen molar-refractivity contribution in [3.63, 3.8) is 0 Å². The molecule has 0 amide bonds. The number of methoxy groups -OCH3 is 1. The maximum Gasteiger partial charge on any atom is 0.401 e. The molecule has 0 unspecified atom stereocenters. The molecule has 0 aliphatic rings. The van der Waals surface area contributed by atoms with Gasteiger partial charge in [0, 0.05) is 12.8 Å². The van der Waals surface area contributed by atoms with Crippen LogP contribution in [-0.4, -0.2) is 12.1 Å². The normalized spacial score (nSPS) is 11.2. The minimum absolute atomic E-state index is 0.274. The summed E-state index contributed by atoms with van der Waals surface area (Å²) in [4.78, 5) is 4.64. The first kappa shape index (κ1) is 19.0. The maximum absolute atomic E-state index is 12.8. The molecule has 0 saturated heterocycles. The largest absolute Gasteiger partial charge is 0.616 e. The van der Waals surface area contributed by atoms with E-state index in [1.807, 2.05) is 30.3 Å². The first-order valence-electron chi connectivity index (χ1n) is 8.78. The number of rotatable bonds is 8. The quantitative estimate of drug-likeness (QED) is 0.541. The van der Waals surface area contributed by atoms with Crippen LogP contribution in [0.4, 0.5) is 0 Å². The molecule has 0 atom stereocenters. The summed E-state index contributed by atoms with van der Waals surface area (Å²) in [5, 5.41) is 12.8. The van der Waals surface area contributed by atoms with Crippen LogP contribution < -0.4 is 14.2 Å². The van der Waals surface area contributed by atoms with E-state index in [0.717, 1.165) is 10.3 Å². The molecular weight excluding hydrogens is 316 g/mol. The summed E-state index contributed by atoms with van der Waals surface area (Å²) in [6, 6.07) is 9.88. The van der Waals surface area contributed by atoms with Gasteiger partial charge in [-0.05, 0) is 17.4 Å². The molecule has 2 aromatic rings. The molecule has 2 rings (SSSR count). The molecule has 5 nitrogen and oxygen atoms in total. The van der Waals surface area contributed by atoms with Crippen LogP contribution in [0.15, 0.2) is 30.3 Å². The molecule has 1 aromatic heterocycles. The van der Waals surface area contributed by atoms with E-state index in [0.29, 0.717) is 48.6 Å². The van der Waals surface area contributed by atoms with Crippen molar-refractivity contribution in [2.75, 3.05) is 7.11 Å². The summed E-state index contributed by atoms with van der Waals surface area (Å²) in [6.45, 7) is 8.68. The average molecular weight is 344 g/mol. The van der Waals surface area contributed by atoms with Gasteiger partial charge in [0.2, 0.25) is 0 Å². The Bertz CT molecular complexity index is 685. The Morgan fingerprint density at radius 2 is 1.68 bits per heavy atom. The highest BCUT2D eigenvalue weighted by molar-refractivity contribution is 5.25. The van der Waals surface area contributed by atoms with Crippen LogP contribution in [0.2, 0.25) is 0 Å². The Labute approximate surface area is 150 Å². The van der Waals surface area contributed by atoms with Gasteiger partial charge in [0.15, 0.2) is 5.69 Å². The number of hydrogen-bond donors (Lipinski definition) is 0. The van der Waals surface area contributed by atoms with Gasteiger partial charge >= 0.3 is 5.88 Å². The molecule has 0 bridgehead atoms. The molecule has 0 aliphatic heterocycles. The Morgan fingerprint density at radius 3 is 2.24 bits per heavy atom. The third-order valence-corrected chi connectivity index (χ3v) is 3.77. The van der Waals surface area contributed by atoms with E-state index < -0.39 is 0 Å². The number of aromatic nitrogens is 2. The molecule has 0 spiro atoms. The highest BCUT2D eigenvalue weighted by Crippen LogP contribution is 2.24. The average Bonchev–Trinajstić information content (AvgIpc) is 2.56. The standard InChI is InChI=1S/C20H28N2O3/c1-14(2)11-17-20(24-5)22(23)18(12-15(3)4)19(21-17)25-13-16-9-7-6-8-10-16/h6-10,14-15H,11-13H2,1-5H3. The number of ether oxygens (including phenoxy) is 2. The van der Waals surface area contributed by atoms with Crippen molar-refractivity contribution in [3.8, 4) is 11.8 Å². The van der Waals surface area contributed by atoms with Crippen LogP contribution in [0.5, 0.6) is 11.8 Å². The van der Waals surface area contributed by atoms with Gasteiger partial charge in [0.25, 0.3) is 11.6 Å². The first-order valence-corrected chi connectivity index (χ1v) is 8.78. The Balaban J connectivity index is 2.40. The summed E-state index contributed by atoms with van der Waals surface area (Å²) in [5.74, 6) is 1.35. The van der Waals surface area contributed by atoms with E-state index in [1.54, 1.807) is 0 Å². The van der Waals surface area contributed by atoms with E-state index >= 15 is 0 Å². The predicted molar refractivity (Wildman–Crippen MR) is 97.6 cm³/mol. The van der Waals surface area contributed by atoms with Crippen LogP contribution >= 0.6 is 0 Å². The highest BCUT2D eigenvalue weighted by Gasteiger charge is 2.27. The summed E-state index contributed by atoms with van der Waals surface area (Å²) < 4.78 is 12.1. The smallest absolute Gasteiger partial charge is 0.401 e. The Morgan fingerprint density at radius 1 is 1.04 bits per heavy atom. The second-order valence-corrected chi connectivity index (χ2v) is 7.08. The molecule has 136 valence electrons. The van der Waals surface area contributed by atoms with Gasteiger partial charge in [0.1, 0.15) is 6.61 Å². The molecule has 1 aromatic carbocycles. The van der Waals surface area contributed by atoms with E-state index in [-0.39, 0.29) is 5.88 Å². The van der Waals surface area contributed by atoms with Gasteiger partial charge in [-0.1, -0.05) is 58.0 Å². The van der Waals surface area contributed by atoms with Crippen molar-refractivity contribution in [1.29, 1.82) is 0 Å². The van der Waals surface area contributed by atoms with E-state index in [1.165, 1.54) is 7.11 Å². The van der Waals surface area contributed by atoms with Crippen molar-refractivity contribution in [3.05, 3.63) is 52.5 Å².